The Bertz CT molecular complexity index is 241. The average molecular weight is 148 g/mol. The van der Waals surface area contributed by atoms with Crippen molar-refractivity contribution < 1.29 is 0 Å². The van der Waals surface area contributed by atoms with Crippen molar-refractivity contribution in [2.45, 2.75) is 13.0 Å². The summed E-state index contributed by atoms with van der Waals surface area (Å²) < 4.78 is 0. The van der Waals surface area contributed by atoms with Crippen LogP contribution >= 0.6 is 0 Å². The fourth-order valence-electron chi connectivity index (χ4n) is 0.855. The predicted molar refractivity (Wildman–Crippen MR) is 46.0 cm³/mol. The van der Waals surface area contributed by atoms with E-state index in [0.717, 1.165) is 11.1 Å². The summed E-state index contributed by atoms with van der Waals surface area (Å²) >= 11 is 0. The van der Waals surface area contributed by atoms with E-state index in [1.807, 2.05) is 19.1 Å². The number of nitrogens with two attached hydrogens (primary N) is 1. The van der Waals surface area contributed by atoms with Gasteiger partial charge in [-0.25, -0.2) is 0 Å². The van der Waals surface area contributed by atoms with Gasteiger partial charge < -0.3 is 5.73 Å². The van der Waals surface area contributed by atoms with Gasteiger partial charge >= 0.3 is 0 Å². The van der Waals surface area contributed by atoms with Crippen LogP contribution in [0.25, 0.3) is 0 Å². The monoisotopic (exact) mass is 148 g/mol. The number of aromatic nitrogens is 1. The van der Waals surface area contributed by atoms with Gasteiger partial charge in [-0.15, -0.1) is 0 Å². The molecule has 1 atom stereocenters. The molecule has 1 unspecified atom stereocenters. The summed E-state index contributed by atoms with van der Waals surface area (Å²) in [4.78, 5) is 3.90. The second-order valence-electron chi connectivity index (χ2n) is 2.60. The Morgan fingerprint density at radius 3 is 2.55 bits per heavy atom. The van der Waals surface area contributed by atoms with Crippen LogP contribution in [0, 0.1) is 0 Å². The summed E-state index contributed by atoms with van der Waals surface area (Å²) in [5, 5.41) is 0. The van der Waals surface area contributed by atoms with Crippen LogP contribution in [0.1, 0.15) is 18.5 Å². The fourth-order valence-corrected chi connectivity index (χ4v) is 0.855. The molecule has 0 amide bonds. The van der Waals surface area contributed by atoms with Crippen LogP contribution in [0.3, 0.4) is 0 Å². The first-order valence-electron chi connectivity index (χ1n) is 3.52. The number of hydrogen-bond donors (Lipinski definition) is 1. The minimum absolute atomic E-state index is 0.0574. The third-order valence-electron chi connectivity index (χ3n) is 1.60. The summed E-state index contributed by atoms with van der Waals surface area (Å²) in [6.07, 6.45) is 3.47. The molecule has 0 radical (unpaired) electrons. The molecule has 1 rings (SSSR count). The van der Waals surface area contributed by atoms with Crippen molar-refractivity contribution in [2.75, 3.05) is 0 Å². The SMILES string of the molecule is C=C(C)C(N)c1ccncc1. The Balaban J connectivity index is 2.85. The fraction of sp³-hybridized carbons (Fsp3) is 0.222. The van der Waals surface area contributed by atoms with Gasteiger partial charge in [0, 0.05) is 12.4 Å². The molecule has 11 heavy (non-hydrogen) atoms. The Morgan fingerprint density at radius 1 is 1.55 bits per heavy atom. The van der Waals surface area contributed by atoms with Crippen LogP contribution in [-0.2, 0) is 0 Å². The van der Waals surface area contributed by atoms with E-state index >= 15 is 0 Å². The highest BCUT2D eigenvalue weighted by Crippen LogP contribution is 2.14. The Labute approximate surface area is 66.8 Å². The van der Waals surface area contributed by atoms with Crippen LogP contribution < -0.4 is 5.73 Å². The summed E-state index contributed by atoms with van der Waals surface area (Å²) in [7, 11) is 0. The first-order chi connectivity index (χ1) is 5.22. The Hall–Kier alpha value is -1.15. The zero-order valence-electron chi connectivity index (χ0n) is 6.62. The van der Waals surface area contributed by atoms with Gasteiger partial charge in [-0.05, 0) is 24.6 Å². The molecule has 1 aromatic heterocycles. The second kappa shape index (κ2) is 3.30. The van der Waals surface area contributed by atoms with Gasteiger partial charge in [0.2, 0.25) is 0 Å². The number of hydrogen-bond acceptors (Lipinski definition) is 2. The van der Waals surface area contributed by atoms with Crippen LogP contribution in [0.5, 0.6) is 0 Å². The minimum Gasteiger partial charge on any atom is -0.321 e. The van der Waals surface area contributed by atoms with Crippen molar-refractivity contribution in [3.63, 3.8) is 0 Å². The molecular formula is C9H12N2. The van der Waals surface area contributed by atoms with Gasteiger partial charge in [-0.1, -0.05) is 12.2 Å². The lowest BCUT2D eigenvalue weighted by Crippen LogP contribution is -2.10. The second-order valence-corrected chi connectivity index (χ2v) is 2.60. The lowest BCUT2D eigenvalue weighted by molar-refractivity contribution is 0.847. The van der Waals surface area contributed by atoms with Crippen molar-refractivity contribution in [1.29, 1.82) is 0 Å². The van der Waals surface area contributed by atoms with E-state index in [2.05, 4.69) is 11.6 Å². The molecule has 2 nitrogen and oxygen atoms in total. The van der Waals surface area contributed by atoms with Crippen molar-refractivity contribution in [2.24, 2.45) is 5.73 Å². The van der Waals surface area contributed by atoms with Gasteiger partial charge in [-0.2, -0.15) is 0 Å². The van der Waals surface area contributed by atoms with Gasteiger partial charge in [0.1, 0.15) is 0 Å². The highest BCUT2D eigenvalue weighted by atomic mass is 14.7. The smallest absolute Gasteiger partial charge is 0.0506 e. The zero-order chi connectivity index (χ0) is 8.27. The van der Waals surface area contributed by atoms with E-state index in [9.17, 15) is 0 Å². The maximum absolute atomic E-state index is 5.81. The van der Waals surface area contributed by atoms with Gasteiger partial charge in [0.05, 0.1) is 6.04 Å². The average Bonchev–Trinajstić information content (AvgIpc) is 2.05. The molecule has 1 heterocycles. The molecule has 0 aliphatic heterocycles. The van der Waals surface area contributed by atoms with Gasteiger partial charge in [0.25, 0.3) is 0 Å². The molecule has 0 aliphatic carbocycles. The van der Waals surface area contributed by atoms with Crippen molar-refractivity contribution >= 4 is 0 Å². The third kappa shape index (κ3) is 1.88. The number of rotatable bonds is 2. The molecule has 0 aliphatic rings. The summed E-state index contributed by atoms with van der Waals surface area (Å²) in [5.41, 5.74) is 7.84. The molecule has 0 saturated heterocycles. The summed E-state index contributed by atoms with van der Waals surface area (Å²) in [6.45, 7) is 5.71. The van der Waals surface area contributed by atoms with Crippen LogP contribution in [0.15, 0.2) is 36.7 Å². The lowest BCUT2D eigenvalue weighted by Gasteiger charge is -2.10. The van der Waals surface area contributed by atoms with E-state index in [0.29, 0.717) is 0 Å². The van der Waals surface area contributed by atoms with E-state index in [1.165, 1.54) is 0 Å². The number of nitrogens with zero attached hydrogens (tertiary/aromatic N) is 1. The van der Waals surface area contributed by atoms with Gasteiger partial charge in [-0.3, -0.25) is 4.98 Å². The molecule has 0 bridgehead atoms. The molecular weight excluding hydrogens is 136 g/mol. The Kier molecular flexibility index (Phi) is 2.39. The maximum atomic E-state index is 5.81. The largest absolute Gasteiger partial charge is 0.321 e. The highest BCUT2D eigenvalue weighted by Gasteiger charge is 2.03. The van der Waals surface area contributed by atoms with E-state index < -0.39 is 0 Å². The third-order valence-corrected chi connectivity index (χ3v) is 1.60. The molecule has 0 saturated carbocycles. The normalized spacial score (nSPS) is 12.5. The molecule has 2 N–H and O–H groups in total. The number of pyridine rings is 1. The summed E-state index contributed by atoms with van der Waals surface area (Å²) in [6, 6.07) is 3.75. The van der Waals surface area contributed by atoms with Crippen molar-refractivity contribution in [3.8, 4) is 0 Å². The molecule has 1 aromatic rings. The standard InChI is InChI=1S/C9H12N2/c1-7(2)9(10)8-3-5-11-6-4-8/h3-6,9H,1,10H2,2H3. The first kappa shape index (κ1) is 7.95. The lowest BCUT2D eigenvalue weighted by atomic mass is 10.0. The molecule has 58 valence electrons. The topological polar surface area (TPSA) is 38.9 Å². The van der Waals surface area contributed by atoms with Gasteiger partial charge in [0.15, 0.2) is 0 Å². The van der Waals surface area contributed by atoms with Crippen molar-refractivity contribution in [1.82, 2.24) is 4.98 Å². The van der Waals surface area contributed by atoms with Crippen LogP contribution in [0.4, 0.5) is 0 Å². The van der Waals surface area contributed by atoms with Crippen LogP contribution in [0.2, 0.25) is 0 Å². The quantitative estimate of drug-likeness (QED) is 0.648. The maximum Gasteiger partial charge on any atom is 0.0506 e. The molecule has 0 aromatic carbocycles. The molecule has 0 fully saturated rings. The first-order valence-corrected chi connectivity index (χ1v) is 3.52. The van der Waals surface area contributed by atoms with E-state index in [1.54, 1.807) is 12.4 Å². The van der Waals surface area contributed by atoms with Crippen molar-refractivity contribution in [3.05, 3.63) is 42.2 Å². The summed E-state index contributed by atoms with van der Waals surface area (Å²) in [5.74, 6) is 0. The zero-order valence-corrected chi connectivity index (χ0v) is 6.62. The van der Waals surface area contributed by atoms with E-state index in [4.69, 9.17) is 5.73 Å². The van der Waals surface area contributed by atoms with E-state index in [-0.39, 0.29) is 6.04 Å². The van der Waals surface area contributed by atoms with Crippen LogP contribution in [-0.4, -0.2) is 4.98 Å². The predicted octanol–water partition coefficient (Wildman–Crippen LogP) is 1.66. The Morgan fingerprint density at radius 2 is 2.09 bits per heavy atom. The highest BCUT2D eigenvalue weighted by molar-refractivity contribution is 5.22. The molecule has 2 heteroatoms. The minimum atomic E-state index is -0.0574. The molecule has 0 spiro atoms.